The number of hydrogen-bond donors (Lipinski definition) is 1. The standard InChI is InChI=1S/C14H23N3OS/c1-14(2)10-17(6-5-16-14)9-11-8-15-13(19-11)12-4-3-7-18-12/h8,12,16H,3-7,9-10H2,1-2H3. The molecule has 1 N–H and O–H groups in total. The molecule has 3 heterocycles. The Kier molecular flexibility index (Phi) is 3.89. The first kappa shape index (κ1) is 13.5. The first-order valence-corrected chi connectivity index (χ1v) is 7.98. The number of rotatable bonds is 3. The van der Waals surface area contributed by atoms with Crippen LogP contribution in [0.25, 0.3) is 0 Å². The van der Waals surface area contributed by atoms with E-state index in [-0.39, 0.29) is 11.6 Å². The Morgan fingerprint density at radius 1 is 1.58 bits per heavy atom. The summed E-state index contributed by atoms with van der Waals surface area (Å²) < 4.78 is 5.70. The van der Waals surface area contributed by atoms with Crippen molar-refractivity contribution in [3.05, 3.63) is 16.1 Å². The van der Waals surface area contributed by atoms with Gasteiger partial charge in [0.05, 0.1) is 0 Å². The molecule has 0 amide bonds. The van der Waals surface area contributed by atoms with Crippen LogP contribution in [0.5, 0.6) is 0 Å². The van der Waals surface area contributed by atoms with Crippen LogP contribution in [0.4, 0.5) is 0 Å². The van der Waals surface area contributed by atoms with E-state index in [2.05, 4.69) is 29.0 Å². The Morgan fingerprint density at radius 2 is 2.47 bits per heavy atom. The van der Waals surface area contributed by atoms with Gasteiger partial charge in [0.1, 0.15) is 11.1 Å². The molecule has 19 heavy (non-hydrogen) atoms. The van der Waals surface area contributed by atoms with Crippen LogP contribution in [0, 0.1) is 0 Å². The van der Waals surface area contributed by atoms with Gasteiger partial charge in [-0.3, -0.25) is 4.90 Å². The summed E-state index contributed by atoms with van der Waals surface area (Å²) in [5.74, 6) is 0. The highest BCUT2D eigenvalue weighted by atomic mass is 32.1. The molecule has 2 saturated heterocycles. The van der Waals surface area contributed by atoms with Gasteiger partial charge in [-0.05, 0) is 26.7 Å². The number of ether oxygens (including phenoxy) is 1. The second kappa shape index (κ2) is 5.48. The van der Waals surface area contributed by atoms with Crippen molar-refractivity contribution >= 4 is 11.3 Å². The lowest BCUT2D eigenvalue weighted by Crippen LogP contribution is -2.56. The van der Waals surface area contributed by atoms with Crippen molar-refractivity contribution in [2.24, 2.45) is 0 Å². The van der Waals surface area contributed by atoms with Crippen molar-refractivity contribution in [2.45, 2.75) is 44.9 Å². The summed E-state index contributed by atoms with van der Waals surface area (Å²) in [6.45, 7) is 9.75. The van der Waals surface area contributed by atoms with E-state index in [1.165, 1.54) is 16.3 Å². The highest BCUT2D eigenvalue weighted by Gasteiger charge is 2.26. The molecule has 2 fully saturated rings. The molecule has 0 bridgehead atoms. The first-order chi connectivity index (χ1) is 9.12. The largest absolute Gasteiger partial charge is 0.371 e. The summed E-state index contributed by atoms with van der Waals surface area (Å²) in [7, 11) is 0. The number of thiazole rings is 1. The van der Waals surface area contributed by atoms with E-state index in [0.717, 1.165) is 39.2 Å². The van der Waals surface area contributed by atoms with Gasteiger partial charge in [0, 0.05) is 49.4 Å². The summed E-state index contributed by atoms with van der Waals surface area (Å²) >= 11 is 1.83. The molecule has 1 aromatic rings. The smallest absolute Gasteiger partial charge is 0.122 e. The Labute approximate surface area is 119 Å². The maximum absolute atomic E-state index is 5.70. The van der Waals surface area contributed by atoms with E-state index in [4.69, 9.17) is 4.74 Å². The quantitative estimate of drug-likeness (QED) is 0.921. The van der Waals surface area contributed by atoms with Crippen molar-refractivity contribution < 1.29 is 4.74 Å². The van der Waals surface area contributed by atoms with E-state index in [1.807, 2.05) is 17.5 Å². The zero-order chi connectivity index (χ0) is 13.3. The van der Waals surface area contributed by atoms with Crippen LogP contribution in [-0.2, 0) is 11.3 Å². The van der Waals surface area contributed by atoms with Crippen LogP contribution in [0.1, 0.15) is 42.7 Å². The van der Waals surface area contributed by atoms with Gasteiger partial charge in [0.25, 0.3) is 0 Å². The molecule has 0 aromatic carbocycles. The Balaban J connectivity index is 1.60. The highest BCUT2D eigenvalue weighted by molar-refractivity contribution is 7.11. The zero-order valence-electron chi connectivity index (χ0n) is 11.8. The maximum atomic E-state index is 5.70. The lowest BCUT2D eigenvalue weighted by atomic mass is 10.0. The average Bonchev–Trinajstić information content (AvgIpc) is 2.96. The molecule has 3 rings (SSSR count). The second-order valence-corrected chi connectivity index (χ2v) is 7.33. The summed E-state index contributed by atoms with van der Waals surface area (Å²) in [6, 6.07) is 0. The number of nitrogens with zero attached hydrogens (tertiary/aromatic N) is 2. The molecule has 0 aliphatic carbocycles. The van der Waals surface area contributed by atoms with E-state index in [0.29, 0.717) is 0 Å². The van der Waals surface area contributed by atoms with Gasteiger partial charge >= 0.3 is 0 Å². The molecule has 1 aromatic heterocycles. The maximum Gasteiger partial charge on any atom is 0.122 e. The number of piperazine rings is 1. The van der Waals surface area contributed by atoms with Gasteiger partial charge in [-0.2, -0.15) is 0 Å². The van der Waals surface area contributed by atoms with Crippen LogP contribution < -0.4 is 5.32 Å². The molecule has 106 valence electrons. The van der Waals surface area contributed by atoms with Gasteiger partial charge < -0.3 is 10.1 Å². The molecule has 0 spiro atoms. The molecule has 4 nitrogen and oxygen atoms in total. The summed E-state index contributed by atoms with van der Waals surface area (Å²) in [5, 5.41) is 4.72. The van der Waals surface area contributed by atoms with E-state index in [9.17, 15) is 0 Å². The third-order valence-electron chi connectivity index (χ3n) is 3.81. The third-order valence-corrected chi connectivity index (χ3v) is 4.88. The predicted molar refractivity (Wildman–Crippen MR) is 77.4 cm³/mol. The fourth-order valence-corrected chi connectivity index (χ4v) is 3.96. The third kappa shape index (κ3) is 3.34. The average molecular weight is 281 g/mol. The Morgan fingerprint density at radius 3 is 3.21 bits per heavy atom. The molecule has 0 radical (unpaired) electrons. The van der Waals surface area contributed by atoms with E-state index < -0.39 is 0 Å². The minimum Gasteiger partial charge on any atom is -0.371 e. The fourth-order valence-electron chi connectivity index (χ4n) is 2.92. The van der Waals surface area contributed by atoms with E-state index >= 15 is 0 Å². The predicted octanol–water partition coefficient (Wildman–Crippen LogP) is 2.18. The van der Waals surface area contributed by atoms with Crippen molar-refractivity contribution in [3.8, 4) is 0 Å². The Bertz CT molecular complexity index is 426. The van der Waals surface area contributed by atoms with Crippen LogP contribution in [0.15, 0.2) is 6.20 Å². The number of hydrogen-bond acceptors (Lipinski definition) is 5. The molecule has 1 unspecified atom stereocenters. The van der Waals surface area contributed by atoms with Gasteiger partial charge in [-0.1, -0.05) is 0 Å². The molecule has 1 atom stereocenters. The Hall–Kier alpha value is -0.490. The van der Waals surface area contributed by atoms with Crippen molar-refractivity contribution in [1.29, 1.82) is 0 Å². The van der Waals surface area contributed by atoms with Gasteiger partial charge in [-0.15, -0.1) is 11.3 Å². The topological polar surface area (TPSA) is 37.4 Å². The first-order valence-electron chi connectivity index (χ1n) is 7.16. The van der Waals surface area contributed by atoms with Crippen molar-refractivity contribution in [1.82, 2.24) is 15.2 Å². The van der Waals surface area contributed by atoms with Crippen LogP contribution in [0.3, 0.4) is 0 Å². The highest BCUT2D eigenvalue weighted by Crippen LogP contribution is 2.31. The molecular weight excluding hydrogens is 258 g/mol. The van der Waals surface area contributed by atoms with Crippen LogP contribution in [-0.4, -0.2) is 41.7 Å². The minimum atomic E-state index is 0.223. The number of aromatic nitrogens is 1. The molecular formula is C14H23N3OS. The molecule has 5 heteroatoms. The summed E-state index contributed by atoms with van der Waals surface area (Å²) in [4.78, 5) is 8.43. The van der Waals surface area contributed by atoms with Crippen molar-refractivity contribution in [3.63, 3.8) is 0 Å². The number of nitrogens with one attached hydrogen (secondary N) is 1. The second-order valence-electron chi connectivity index (χ2n) is 6.19. The molecule has 2 aliphatic heterocycles. The summed E-state index contributed by atoms with van der Waals surface area (Å²) in [6.07, 6.45) is 4.61. The summed E-state index contributed by atoms with van der Waals surface area (Å²) in [5.41, 5.74) is 0.223. The normalized spacial score (nSPS) is 27.8. The van der Waals surface area contributed by atoms with Gasteiger partial charge in [0.2, 0.25) is 0 Å². The molecule has 2 aliphatic rings. The molecule has 0 saturated carbocycles. The van der Waals surface area contributed by atoms with Gasteiger partial charge in [0.15, 0.2) is 0 Å². The van der Waals surface area contributed by atoms with Gasteiger partial charge in [-0.25, -0.2) is 4.98 Å². The minimum absolute atomic E-state index is 0.223. The van der Waals surface area contributed by atoms with Crippen molar-refractivity contribution in [2.75, 3.05) is 26.2 Å². The lowest BCUT2D eigenvalue weighted by Gasteiger charge is -2.38. The lowest BCUT2D eigenvalue weighted by molar-refractivity contribution is 0.111. The zero-order valence-corrected chi connectivity index (χ0v) is 12.6. The van der Waals surface area contributed by atoms with Crippen LogP contribution >= 0.6 is 11.3 Å². The van der Waals surface area contributed by atoms with Crippen LogP contribution in [0.2, 0.25) is 0 Å². The van der Waals surface area contributed by atoms with E-state index in [1.54, 1.807) is 0 Å². The fraction of sp³-hybridized carbons (Fsp3) is 0.786. The SMILES string of the molecule is CC1(C)CN(Cc2cnc(C3CCCO3)s2)CCN1. The monoisotopic (exact) mass is 281 g/mol.